The summed E-state index contributed by atoms with van der Waals surface area (Å²) in [6.45, 7) is 3.18. The van der Waals surface area contributed by atoms with Crippen molar-refractivity contribution in [1.29, 1.82) is 0 Å². The Labute approximate surface area is 203 Å². The van der Waals surface area contributed by atoms with E-state index in [0.717, 1.165) is 6.61 Å². The predicted molar refractivity (Wildman–Crippen MR) is 118 cm³/mol. The summed E-state index contributed by atoms with van der Waals surface area (Å²) < 4.78 is 28.9. The average Bonchev–Trinajstić information content (AvgIpc) is 3.57. The number of ether oxygens (including phenoxy) is 5. The minimum atomic E-state index is -1.41. The summed E-state index contributed by atoms with van der Waals surface area (Å²) in [5.41, 5.74) is 0. The second kappa shape index (κ2) is 17.1. The molecule has 0 aliphatic carbocycles. The summed E-state index contributed by atoms with van der Waals surface area (Å²) in [6, 6.07) is 3.27. The summed E-state index contributed by atoms with van der Waals surface area (Å²) in [5.74, 6) is 0.375. The van der Waals surface area contributed by atoms with Crippen molar-refractivity contribution in [2.45, 2.75) is 75.1 Å². The molecule has 0 amide bonds. The zero-order valence-electron chi connectivity index (χ0n) is 20.1. The molecule has 9 atom stereocenters. The highest BCUT2D eigenvalue weighted by molar-refractivity contribution is 5.69. The molecule has 0 spiro atoms. The van der Waals surface area contributed by atoms with Crippen molar-refractivity contribution in [1.82, 2.24) is 0 Å². The quantitative estimate of drug-likeness (QED) is 0.255. The number of hydrogen-bond donors (Lipinski definition) is 6. The number of rotatable bonds is 3. The highest BCUT2D eigenvalue weighted by atomic mass is 16.7. The molecule has 0 radical (unpaired) electrons. The molecule has 13 nitrogen and oxygen atoms in total. The number of furan rings is 1. The van der Waals surface area contributed by atoms with Gasteiger partial charge in [-0.2, -0.15) is 0 Å². The van der Waals surface area contributed by atoms with E-state index in [1.165, 1.54) is 33.3 Å². The maximum Gasteiger partial charge on any atom is 0.185 e. The van der Waals surface area contributed by atoms with Gasteiger partial charge in [-0.3, -0.25) is 4.79 Å². The maximum atomic E-state index is 9.77. The highest BCUT2D eigenvalue weighted by Gasteiger charge is 2.38. The van der Waals surface area contributed by atoms with Crippen molar-refractivity contribution in [3.05, 3.63) is 24.2 Å². The Balaban J connectivity index is 0.000000241. The molecule has 3 aliphatic rings. The van der Waals surface area contributed by atoms with Crippen LogP contribution in [0.25, 0.3) is 0 Å². The largest absolute Gasteiger partial charge is 0.462 e. The Bertz CT molecular complexity index is 622. The number of hydrogen-bond acceptors (Lipinski definition) is 13. The van der Waals surface area contributed by atoms with Crippen molar-refractivity contribution in [2.24, 2.45) is 0 Å². The fraction of sp³-hybridized carbons (Fsp3) is 0.773. The van der Waals surface area contributed by atoms with Crippen LogP contribution in [-0.2, 0) is 23.7 Å². The molecule has 0 bridgehead atoms. The van der Waals surface area contributed by atoms with Crippen molar-refractivity contribution in [2.75, 3.05) is 34.0 Å². The van der Waals surface area contributed by atoms with Gasteiger partial charge in [-0.05, 0) is 31.9 Å². The van der Waals surface area contributed by atoms with Crippen LogP contribution in [0.1, 0.15) is 30.3 Å². The molecule has 1 aromatic rings. The summed E-state index contributed by atoms with van der Waals surface area (Å²) in [7, 11) is 2.87. The van der Waals surface area contributed by atoms with Crippen LogP contribution >= 0.6 is 0 Å². The SMILES string of the molecule is CC1CCCO1.COC1COC(OC)C(O)C1O.O=Cc1ccco1.OC1COC(O)C(O)C1O. The first-order valence-electron chi connectivity index (χ1n) is 11.1. The molecule has 3 fully saturated rings. The van der Waals surface area contributed by atoms with Crippen LogP contribution in [-0.4, -0.2) is 126 Å². The number of carbonyl (C=O) groups is 1. The van der Waals surface area contributed by atoms with Crippen molar-refractivity contribution in [3.8, 4) is 0 Å². The molecule has 4 heterocycles. The Kier molecular flexibility index (Phi) is 15.4. The van der Waals surface area contributed by atoms with Crippen LogP contribution in [0.5, 0.6) is 0 Å². The van der Waals surface area contributed by atoms with E-state index in [9.17, 15) is 15.0 Å². The van der Waals surface area contributed by atoms with Gasteiger partial charge >= 0.3 is 0 Å². The Morgan fingerprint density at radius 1 is 0.914 bits per heavy atom. The third-order valence-electron chi connectivity index (χ3n) is 5.26. The van der Waals surface area contributed by atoms with Crippen LogP contribution in [0.4, 0.5) is 0 Å². The van der Waals surface area contributed by atoms with E-state index in [4.69, 9.17) is 39.4 Å². The lowest BCUT2D eigenvalue weighted by atomic mass is 10.1. The molecule has 204 valence electrons. The lowest BCUT2D eigenvalue weighted by molar-refractivity contribution is -0.265. The van der Waals surface area contributed by atoms with E-state index in [-0.39, 0.29) is 13.2 Å². The van der Waals surface area contributed by atoms with E-state index >= 15 is 0 Å². The van der Waals surface area contributed by atoms with Gasteiger partial charge in [0.1, 0.15) is 36.6 Å². The maximum absolute atomic E-state index is 9.77. The van der Waals surface area contributed by atoms with Crippen LogP contribution in [0.15, 0.2) is 22.8 Å². The number of methoxy groups -OCH3 is 2. The van der Waals surface area contributed by atoms with Gasteiger partial charge in [0.25, 0.3) is 0 Å². The second-order valence-electron chi connectivity index (χ2n) is 7.92. The zero-order chi connectivity index (χ0) is 26.4. The first-order valence-corrected chi connectivity index (χ1v) is 11.1. The molecular formula is C22H38O13. The minimum Gasteiger partial charge on any atom is -0.462 e. The fourth-order valence-corrected chi connectivity index (χ4v) is 3.07. The smallest absolute Gasteiger partial charge is 0.185 e. The summed E-state index contributed by atoms with van der Waals surface area (Å²) in [5, 5.41) is 54.0. The van der Waals surface area contributed by atoms with Crippen LogP contribution in [0.3, 0.4) is 0 Å². The standard InChI is InChI=1S/C7H14O5.C5H10O5.C5H4O2.C5H10O/c1-10-4-3-12-7(11-2)6(9)5(4)8;6-2-1-10-5(9)4(8)3(2)7;6-4-5-2-1-3-7-5;1-5-3-2-4-6-5/h4-9H,3H2,1-2H3;2-9H,1H2;1-4H;5H,2-4H2,1H3. The first kappa shape index (κ1) is 31.5. The van der Waals surface area contributed by atoms with Gasteiger partial charge in [-0.15, -0.1) is 0 Å². The average molecular weight is 511 g/mol. The van der Waals surface area contributed by atoms with E-state index in [0.29, 0.717) is 18.2 Å². The van der Waals surface area contributed by atoms with E-state index in [1.807, 2.05) is 0 Å². The lowest BCUT2D eigenvalue weighted by Gasteiger charge is -2.35. The molecule has 35 heavy (non-hydrogen) atoms. The third-order valence-corrected chi connectivity index (χ3v) is 5.26. The second-order valence-corrected chi connectivity index (χ2v) is 7.92. The number of aldehydes is 1. The first-order chi connectivity index (χ1) is 16.7. The van der Waals surface area contributed by atoms with Gasteiger partial charge in [-0.25, -0.2) is 0 Å². The molecule has 0 aromatic carbocycles. The number of aliphatic hydroxyl groups excluding tert-OH is 6. The van der Waals surface area contributed by atoms with Crippen LogP contribution < -0.4 is 0 Å². The topological polar surface area (TPSA) is 198 Å². The number of aliphatic hydroxyl groups is 6. The normalized spacial score (nSPS) is 36.4. The predicted octanol–water partition coefficient (Wildman–Crippen LogP) is -1.58. The van der Waals surface area contributed by atoms with E-state index < -0.39 is 49.2 Å². The molecular weight excluding hydrogens is 472 g/mol. The number of carbonyl (C=O) groups excluding carboxylic acids is 1. The summed E-state index contributed by atoms with van der Waals surface area (Å²) in [4.78, 5) is 9.77. The molecule has 3 aliphatic heterocycles. The van der Waals surface area contributed by atoms with Crippen LogP contribution in [0, 0.1) is 0 Å². The Morgan fingerprint density at radius 2 is 1.63 bits per heavy atom. The van der Waals surface area contributed by atoms with Crippen molar-refractivity contribution in [3.63, 3.8) is 0 Å². The molecule has 0 saturated carbocycles. The Hall–Kier alpha value is -1.49. The van der Waals surface area contributed by atoms with E-state index in [1.54, 1.807) is 12.1 Å². The highest BCUT2D eigenvalue weighted by Crippen LogP contribution is 2.17. The van der Waals surface area contributed by atoms with Gasteiger partial charge in [0, 0.05) is 20.8 Å². The molecule has 6 N–H and O–H groups in total. The van der Waals surface area contributed by atoms with Crippen molar-refractivity contribution < 1.29 is 63.5 Å². The molecule has 1 aromatic heterocycles. The van der Waals surface area contributed by atoms with Gasteiger partial charge < -0.3 is 58.7 Å². The zero-order valence-corrected chi connectivity index (χ0v) is 20.1. The van der Waals surface area contributed by atoms with Gasteiger partial charge in [-0.1, -0.05) is 0 Å². The molecule has 4 rings (SSSR count). The summed E-state index contributed by atoms with van der Waals surface area (Å²) >= 11 is 0. The molecule has 3 saturated heterocycles. The van der Waals surface area contributed by atoms with Gasteiger partial charge in [0.2, 0.25) is 0 Å². The molecule has 9 unspecified atom stereocenters. The van der Waals surface area contributed by atoms with Crippen LogP contribution in [0.2, 0.25) is 0 Å². The lowest BCUT2D eigenvalue weighted by Crippen LogP contribution is -2.54. The van der Waals surface area contributed by atoms with Gasteiger partial charge in [0.05, 0.1) is 25.6 Å². The van der Waals surface area contributed by atoms with E-state index in [2.05, 4.69) is 16.1 Å². The third kappa shape index (κ3) is 11.0. The summed E-state index contributed by atoms with van der Waals surface area (Å²) in [6.07, 6.45) is -3.26. The molecule has 13 heteroatoms. The Morgan fingerprint density at radius 3 is 2.03 bits per heavy atom. The van der Waals surface area contributed by atoms with Crippen molar-refractivity contribution >= 4 is 6.29 Å². The fourth-order valence-electron chi connectivity index (χ4n) is 3.07. The van der Waals surface area contributed by atoms with Gasteiger partial charge in [0.15, 0.2) is 24.6 Å². The minimum absolute atomic E-state index is 0.153. The monoisotopic (exact) mass is 510 g/mol.